The summed E-state index contributed by atoms with van der Waals surface area (Å²) >= 11 is 0. The van der Waals surface area contributed by atoms with Crippen LogP contribution in [0.25, 0.3) is 11.0 Å². The molecule has 4 nitrogen and oxygen atoms in total. The summed E-state index contributed by atoms with van der Waals surface area (Å²) in [6.07, 6.45) is 3.51. The highest BCUT2D eigenvalue weighted by Gasteiger charge is 2.11. The van der Waals surface area contributed by atoms with Gasteiger partial charge in [0.15, 0.2) is 0 Å². The lowest BCUT2D eigenvalue weighted by atomic mass is 10.1. The minimum atomic E-state index is 0.0152. The van der Waals surface area contributed by atoms with Crippen LogP contribution >= 0.6 is 0 Å². The monoisotopic (exact) mass is 190 g/mol. The Balaban J connectivity index is 2.36. The fourth-order valence-electron chi connectivity index (χ4n) is 1.27. The molecule has 0 amide bonds. The first-order valence-corrected chi connectivity index (χ1v) is 4.62. The van der Waals surface area contributed by atoms with Gasteiger partial charge >= 0.3 is 0 Å². The van der Waals surface area contributed by atoms with Crippen molar-refractivity contribution >= 4 is 17.0 Å². The van der Waals surface area contributed by atoms with Gasteiger partial charge in [-0.3, -0.25) is 4.98 Å². The van der Waals surface area contributed by atoms with Crippen LogP contribution in [0.5, 0.6) is 0 Å². The normalized spacial score (nSPS) is 11.9. The molecule has 0 aliphatic carbocycles. The summed E-state index contributed by atoms with van der Waals surface area (Å²) in [6.45, 7) is 6.29. The third kappa shape index (κ3) is 1.84. The van der Waals surface area contributed by atoms with E-state index in [2.05, 4.69) is 41.0 Å². The first kappa shape index (κ1) is 8.99. The van der Waals surface area contributed by atoms with Gasteiger partial charge in [0.2, 0.25) is 5.95 Å². The van der Waals surface area contributed by atoms with E-state index in [1.54, 1.807) is 12.4 Å². The molecule has 2 rings (SSSR count). The molecule has 0 aromatic carbocycles. The van der Waals surface area contributed by atoms with E-state index in [1.165, 1.54) is 0 Å². The molecule has 2 N–H and O–H groups in total. The smallest absolute Gasteiger partial charge is 0.201 e. The number of aromatic nitrogens is 3. The zero-order chi connectivity index (χ0) is 10.2. The van der Waals surface area contributed by atoms with Crippen LogP contribution in [0.3, 0.4) is 0 Å². The highest BCUT2D eigenvalue weighted by atomic mass is 15.1. The second kappa shape index (κ2) is 2.97. The number of imidazole rings is 1. The number of pyridine rings is 1. The van der Waals surface area contributed by atoms with Crippen molar-refractivity contribution in [2.45, 2.75) is 26.3 Å². The fourth-order valence-corrected chi connectivity index (χ4v) is 1.27. The number of hydrogen-bond acceptors (Lipinski definition) is 3. The maximum absolute atomic E-state index is 4.39. The molecule has 0 unspecified atom stereocenters. The molecule has 0 aliphatic rings. The third-order valence-corrected chi connectivity index (χ3v) is 1.78. The molecule has 0 radical (unpaired) electrons. The second-order valence-electron chi connectivity index (χ2n) is 4.35. The predicted molar refractivity (Wildman–Crippen MR) is 57.3 cm³/mol. The predicted octanol–water partition coefficient (Wildman–Crippen LogP) is 2.17. The molecule has 0 bridgehead atoms. The highest BCUT2D eigenvalue weighted by molar-refractivity contribution is 5.76. The van der Waals surface area contributed by atoms with Crippen molar-refractivity contribution in [2.24, 2.45) is 0 Å². The number of rotatable bonds is 1. The van der Waals surface area contributed by atoms with E-state index >= 15 is 0 Å². The Morgan fingerprint density at radius 1 is 1.36 bits per heavy atom. The summed E-state index contributed by atoms with van der Waals surface area (Å²) in [4.78, 5) is 11.6. The topological polar surface area (TPSA) is 53.6 Å². The van der Waals surface area contributed by atoms with Crippen molar-refractivity contribution in [1.29, 1.82) is 0 Å². The lowest BCUT2D eigenvalue weighted by Crippen LogP contribution is -2.26. The van der Waals surface area contributed by atoms with E-state index in [1.807, 2.05) is 6.07 Å². The zero-order valence-corrected chi connectivity index (χ0v) is 8.63. The van der Waals surface area contributed by atoms with Gasteiger partial charge in [-0.05, 0) is 26.8 Å². The molecule has 14 heavy (non-hydrogen) atoms. The van der Waals surface area contributed by atoms with Crippen molar-refractivity contribution in [3.8, 4) is 0 Å². The van der Waals surface area contributed by atoms with Crippen molar-refractivity contribution in [3.63, 3.8) is 0 Å². The molecule has 0 aliphatic heterocycles. The highest BCUT2D eigenvalue weighted by Crippen LogP contribution is 2.15. The van der Waals surface area contributed by atoms with Gasteiger partial charge in [0.1, 0.15) is 0 Å². The number of nitrogens with one attached hydrogen (secondary N) is 2. The van der Waals surface area contributed by atoms with E-state index in [0.29, 0.717) is 0 Å². The van der Waals surface area contributed by atoms with Crippen molar-refractivity contribution < 1.29 is 0 Å². The quantitative estimate of drug-likeness (QED) is 0.724. The largest absolute Gasteiger partial charge is 0.351 e. The van der Waals surface area contributed by atoms with Crippen LogP contribution in [0.4, 0.5) is 5.95 Å². The average molecular weight is 190 g/mol. The van der Waals surface area contributed by atoms with Crippen LogP contribution in [0, 0.1) is 0 Å². The van der Waals surface area contributed by atoms with Gasteiger partial charge in [0, 0.05) is 11.7 Å². The molecule has 2 aromatic rings. The van der Waals surface area contributed by atoms with Gasteiger partial charge in [-0.2, -0.15) is 0 Å². The lowest BCUT2D eigenvalue weighted by molar-refractivity contribution is 0.628. The Labute approximate surface area is 82.8 Å². The molecule has 4 heteroatoms. The molecule has 0 fully saturated rings. The first-order chi connectivity index (χ1) is 6.54. The maximum Gasteiger partial charge on any atom is 0.201 e. The first-order valence-electron chi connectivity index (χ1n) is 4.62. The summed E-state index contributed by atoms with van der Waals surface area (Å²) in [6, 6.07) is 1.89. The summed E-state index contributed by atoms with van der Waals surface area (Å²) in [5.41, 5.74) is 1.91. The van der Waals surface area contributed by atoms with E-state index in [-0.39, 0.29) is 5.54 Å². The van der Waals surface area contributed by atoms with Gasteiger partial charge < -0.3 is 10.3 Å². The summed E-state index contributed by atoms with van der Waals surface area (Å²) in [5.74, 6) is 0.792. The average Bonchev–Trinajstić information content (AvgIpc) is 2.42. The van der Waals surface area contributed by atoms with Crippen LogP contribution < -0.4 is 5.32 Å². The summed E-state index contributed by atoms with van der Waals surface area (Å²) < 4.78 is 0. The minimum Gasteiger partial charge on any atom is -0.351 e. The van der Waals surface area contributed by atoms with Crippen LogP contribution in [-0.4, -0.2) is 20.5 Å². The number of hydrogen-bond donors (Lipinski definition) is 2. The fraction of sp³-hybridized carbons (Fsp3) is 0.400. The van der Waals surface area contributed by atoms with Crippen molar-refractivity contribution in [2.75, 3.05) is 5.32 Å². The van der Waals surface area contributed by atoms with Gasteiger partial charge in [-0.15, -0.1) is 0 Å². The van der Waals surface area contributed by atoms with Crippen LogP contribution in [0.2, 0.25) is 0 Å². The second-order valence-corrected chi connectivity index (χ2v) is 4.35. The Morgan fingerprint density at radius 3 is 2.79 bits per heavy atom. The SMILES string of the molecule is CC(C)(C)Nc1nc2ccncc2[nH]1. The van der Waals surface area contributed by atoms with E-state index in [9.17, 15) is 0 Å². The molecule has 2 aromatic heterocycles. The van der Waals surface area contributed by atoms with Gasteiger partial charge in [0.25, 0.3) is 0 Å². The molecule has 74 valence electrons. The molecule has 0 saturated heterocycles. The van der Waals surface area contributed by atoms with E-state index in [0.717, 1.165) is 17.0 Å². The molecule has 0 spiro atoms. The number of fused-ring (bicyclic) bond motifs is 1. The number of H-pyrrole nitrogens is 1. The van der Waals surface area contributed by atoms with Gasteiger partial charge in [-0.1, -0.05) is 0 Å². The van der Waals surface area contributed by atoms with E-state index < -0.39 is 0 Å². The minimum absolute atomic E-state index is 0.0152. The Hall–Kier alpha value is -1.58. The summed E-state index contributed by atoms with van der Waals surface area (Å²) in [5, 5.41) is 3.28. The maximum atomic E-state index is 4.39. The number of aromatic amines is 1. The lowest BCUT2D eigenvalue weighted by Gasteiger charge is -2.19. The van der Waals surface area contributed by atoms with Crippen LogP contribution in [0.15, 0.2) is 18.5 Å². The standard InChI is InChI=1S/C10H14N4/c1-10(2,3)14-9-12-7-4-5-11-6-8(7)13-9/h4-6H,1-3H3,(H2,12,13,14). The Bertz CT molecular complexity index is 406. The number of nitrogens with zero attached hydrogens (tertiary/aromatic N) is 2. The van der Waals surface area contributed by atoms with Crippen molar-refractivity contribution in [3.05, 3.63) is 18.5 Å². The van der Waals surface area contributed by atoms with Crippen molar-refractivity contribution in [1.82, 2.24) is 15.0 Å². The Kier molecular flexibility index (Phi) is 1.91. The van der Waals surface area contributed by atoms with Gasteiger partial charge in [-0.25, -0.2) is 4.98 Å². The number of anilines is 1. The zero-order valence-electron chi connectivity index (χ0n) is 8.63. The molecular weight excluding hydrogens is 176 g/mol. The van der Waals surface area contributed by atoms with Gasteiger partial charge in [0.05, 0.1) is 17.2 Å². The van der Waals surface area contributed by atoms with Crippen LogP contribution in [-0.2, 0) is 0 Å². The third-order valence-electron chi connectivity index (χ3n) is 1.78. The molecular formula is C10H14N4. The van der Waals surface area contributed by atoms with Crippen LogP contribution in [0.1, 0.15) is 20.8 Å². The molecule has 2 heterocycles. The van der Waals surface area contributed by atoms with E-state index in [4.69, 9.17) is 0 Å². The summed E-state index contributed by atoms with van der Waals surface area (Å²) in [7, 11) is 0. The Morgan fingerprint density at radius 2 is 2.14 bits per heavy atom. The molecule has 0 saturated carbocycles. The molecule has 0 atom stereocenters.